The van der Waals surface area contributed by atoms with Crippen molar-refractivity contribution in [2.45, 2.75) is 6.92 Å². The molecule has 0 fully saturated rings. The smallest absolute Gasteiger partial charge is 0.251 e. The molecule has 0 atom stereocenters. The highest BCUT2D eigenvalue weighted by atomic mass is 79.9. The molecule has 0 saturated carbocycles. The van der Waals surface area contributed by atoms with E-state index in [2.05, 4.69) is 21.2 Å². The van der Waals surface area contributed by atoms with Crippen molar-refractivity contribution in [1.82, 2.24) is 5.32 Å². The Labute approximate surface area is 109 Å². The average molecular weight is 320 g/mol. The predicted octanol–water partition coefficient (Wildman–Crippen LogP) is 1.53. The highest BCUT2D eigenvalue weighted by Crippen LogP contribution is 2.15. The van der Waals surface area contributed by atoms with E-state index < -0.39 is 9.84 Å². The first kappa shape index (κ1) is 14.2. The van der Waals surface area contributed by atoms with Crippen molar-refractivity contribution in [1.29, 1.82) is 0 Å². The van der Waals surface area contributed by atoms with Crippen molar-refractivity contribution in [3.05, 3.63) is 33.8 Å². The van der Waals surface area contributed by atoms with Gasteiger partial charge in [-0.25, -0.2) is 8.42 Å². The summed E-state index contributed by atoms with van der Waals surface area (Å²) in [5.74, 6) is -0.316. The van der Waals surface area contributed by atoms with Crippen LogP contribution < -0.4 is 5.32 Å². The number of amides is 1. The van der Waals surface area contributed by atoms with E-state index in [-0.39, 0.29) is 18.2 Å². The number of aryl methyl sites for hydroxylation is 1. The van der Waals surface area contributed by atoms with Crippen LogP contribution in [0.15, 0.2) is 22.7 Å². The molecule has 6 heteroatoms. The van der Waals surface area contributed by atoms with Crippen LogP contribution in [0.3, 0.4) is 0 Å². The van der Waals surface area contributed by atoms with E-state index in [1.54, 1.807) is 12.1 Å². The minimum Gasteiger partial charge on any atom is -0.351 e. The molecule has 0 aliphatic carbocycles. The van der Waals surface area contributed by atoms with Gasteiger partial charge in [0.05, 0.1) is 5.75 Å². The van der Waals surface area contributed by atoms with Gasteiger partial charge in [0.25, 0.3) is 5.91 Å². The maximum absolute atomic E-state index is 11.7. The number of rotatable bonds is 4. The minimum atomic E-state index is -3.04. The highest BCUT2D eigenvalue weighted by molar-refractivity contribution is 9.10. The Balaban J connectivity index is 2.64. The molecule has 4 nitrogen and oxygen atoms in total. The SMILES string of the molecule is Cc1cc(Br)cc(C(=O)NCCS(C)(=O)=O)c1. The van der Waals surface area contributed by atoms with Crippen LogP contribution in [0, 0.1) is 6.92 Å². The molecular weight excluding hydrogens is 306 g/mol. The second kappa shape index (κ2) is 5.64. The van der Waals surface area contributed by atoms with E-state index in [9.17, 15) is 13.2 Å². The van der Waals surface area contributed by atoms with Crippen LogP contribution in [0.2, 0.25) is 0 Å². The number of carbonyl (C=O) groups is 1. The Morgan fingerprint density at radius 1 is 1.35 bits per heavy atom. The molecule has 0 bridgehead atoms. The van der Waals surface area contributed by atoms with Crippen molar-refractivity contribution in [3.8, 4) is 0 Å². The van der Waals surface area contributed by atoms with Gasteiger partial charge in [-0.3, -0.25) is 4.79 Å². The summed E-state index contributed by atoms with van der Waals surface area (Å²) in [7, 11) is -3.04. The first-order valence-corrected chi connectivity index (χ1v) is 7.86. The number of sulfone groups is 1. The van der Waals surface area contributed by atoms with Crippen LogP contribution in [0.1, 0.15) is 15.9 Å². The first-order chi connectivity index (χ1) is 7.78. The first-order valence-electron chi connectivity index (χ1n) is 5.01. The molecule has 1 rings (SSSR count). The van der Waals surface area contributed by atoms with Gasteiger partial charge in [0.15, 0.2) is 0 Å². The molecule has 0 aliphatic heterocycles. The van der Waals surface area contributed by atoms with Crippen LogP contribution in [0.4, 0.5) is 0 Å². The van der Waals surface area contributed by atoms with Gasteiger partial charge in [-0.05, 0) is 30.7 Å². The second-order valence-electron chi connectivity index (χ2n) is 3.90. The van der Waals surface area contributed by atoms with Crippen LogP contribution in [-0.2, 0) is 9.84 Å². The molecule has 0 aliphatic rings. The van der Waals surface area contributed by atoms with E-state index in [1.165, 1.54) is 0 Å². The number of halogens is 1. The maximum Gasteiger partial charge on any atom is 0.251 e. The van der Waals surface area contributed by atoms with E-state index >= 15 is 0 Å². The number of hydrogen-bond acceptors (Lipinski definition) is 3. The van der Waals surface area contributed by atoms with Gasteiger partial charge in [0.2, 0.25) is 0 Å². The summed E-state index contributed by atoms with van der Waals surface area (Å²) in [4.78, 5) is 11.7. The Morgan fingerprint density at radius 3 is 2.53 bits per heavy atom. The summed E-state index contributed by atoms with van der Waals surface area (Å²) in [6.45, 7) is 2.02. The van der Waals surface area contributed by atoms with E-state index in [1.807, 2.05) is 13.0 Å². The summed E-state index contributed by atoms with van der Waals surface area (Å²) in [6, 6.07) is 5.34. The zero-order valence-corrected chi connectivity index (χ0v) is 12.1. The third-order valence-electron chi connectivity index (χ3n) is 2.06. The zero-order chi connectivity index (χ0) is 13.1. The van der Waals surface area contributed by atoms with Gasteiger partial charge in [-0.1, -0.05) is 15.9 Å². The molecule has 17 heavy (non-hydrogen) atoms. The van der Waals surface area contributed by atoms with Crippen LogP contribution in [0.5, 0.6) is 0 Å². The normalized spacial score (nSPS) is 11.2. The lowest BCUT2D eigenvalue weighted by atomic mass is 10.1. The van der Waals surface area contributed by atoms with Gasteiger partial charge in [-0.2, -0.15) is 0 Å². The van der Waals surface area contributed by atoms with Crippen molar-refractivity contribution in [2.75, 3.05) is 18.6 Å². The fraction of sp³-hybridized carbons (Fsp3) is 0.364. The molecule has 94 valence electrons. The Morgan fingerprint density at radius 2 is 2.00 bits per heavy atom. The summed E-state index contributed by atoms with van der Waals surface area (Å²) in [5.41, 5.74) is 1.48. The maximum atomic E-state index is 11.7. The van der Waals surface area contributed by atoms with Gasteiger partial charge < -0.3 is 5.32 Å². The van der Waals surface area contributed by atoms with E-state index in [0.717, 1.165) is 16.3 Å². The third-order valence-corrected chi connectivity index (χ3v) is 3.47. The highest BCUT2D eigenvalue weighted by Gasteiger charge is 2.08. The fourth-order valence-corrected chi connectivity index (χ4v) is 2.40. The third kappa shape index (κ3) is 5.32. The largest absolute Gasteiger partial charge is 0.351 e. The zero-order valence-electron chi connectivity index (χ0n) is 9.66. The van der Waals surface area contributed by atoms with E-state index in [0.29, 0.717) is 5.56 Å². The van der Waals surface area contributed by atoms with Crippen molar-refractivity contribution < 1.29 is 13.2 Å². The van der Waals surface area contributed by atoms with Gasteiger partial charge in [-0.15, -0.1) is 0 Å². The van der Waals surface area contributed by atoms with Gasteiger partial charge in [0.1, 0.15) is 9.84 Å². The van der Waals surface area contributed by atoms with Crippen LogP contribution in [0.25, 0.3) is 0 Å². The molecule has 1 amide bonds. The average Bonchev–Trinajstić information content (AvgIpc) is 2.13. The fourth-order valence-electron chi connectivity index (χ4n) is 1.32. The Bertz CT molecular complexity index is 505. The summed E-state index contributed by atoms with van der Waals surface area (Å²) >= 11 is 3.31. The number of nitrogens with one attached hydrogen (secondary N) is 1. The Kier molecular flexibility index (Phi) is 4.70. The molecule has 1 aromatic rings. The van der Waals surface area contributed by atoms with Crippen LogP contribution >= 0.6 is 15.9 Å². The topological polar surface area (TPSA) is 63.2 Å². The molecule has 0 aromatic heterocycles. The monoisotopic (exact) mass is 319 g/mol. The standard InChI is InChI=1S/C11H14BrNO3S/c1-8-5-9(7-10(12)6-8)11(14)13-3-4-17(2,15)16/h5-7H,3-4H2,1-2H3,(H,13,14). The van der Waals surface area contributed by atoms with Gasteiger partial charge in [0, 0.05) is 22.8 Å². The number of carbonyl (C=O) groups excluding carboxylic acids is 1. The molecule has 0 radical (unpaired) electrons. The second-order valence-corrected chi connectivity index (χ2v) is 7.08. The van der Waals surface area contributed by atoms with Crippen molar-refractivity contribution >= 4 is 31.7 Å². The summed E-state index contributed by atoms with van der Waals surface area (Å²) < 4.78 is 22.6. The number of hydrogen-bond donors (Lipinski definition) is 1. The lowest BCUT2D eigenvalue weighted by Gasteiger charge is -2.06. The minimum absolute atomic E-state index is 0.0499. The van der Waals surface area contributed by atoms with Crippen molar-refractivity contribution in [3.63, 3.8) is 0 Å². The molecule has 0 spiro atoms. The molecule has 0 heterocycles. The predicted molar refractivity (Wildman–Crippen MR) is 70.9 cm³/mol. The molecule has 1 N–H and O–H groups in total. The van der Waals surface area contributed by atoms with Crippen LogP contribution in [-0.4, -0.2) is 32.9 Å². The van der Waals surface area contributed by atoms with E-state index in [4.69, 9.17) is 0 Å². The molecule has 1 aromatic carbocycles. The van der Waals surface area contributed by atoms with Crippen molar-refractivity contribution in [2.24, 2.45) is 0 Å². The quantitative estimate of drug-likeness (QED) is 0.915. The Hall–Kier alpha value is -0.880. The molecule has 0 unspecified atom stereocenters. The number of benzene rings is 1. The lowest BCUT2D eigenvalue weighted by molar-refractivity contribution is 0.0956. The summed E-state index contributed by atoms with van der Waals surface area (Å²) in [5, 5.41) is 2.57. The molecule has 0 saturated heterocycles. The van der Waals surface area contributed by atoms with Gasteiger partial charge >= 0.3 is 0 Å². The lowest BCUT2D eigenvalue weighted by Crippen LogP contribution is -2.28. The summed E-state index contributed by atoms with van der Waals surface area (Å²) in [6.07, 6.45) is 1.14. The molecular formula is C11H14BrNO3S.